The van der Waals surface area contributed by atoms with E-state index >= 15 is 0 Å². The van der Waals surface area contributed by atoms with E-state index < -0.39 is 0 Å². The molecule has 90 valence electrons. The van der Waals surface area contributed by atoms with E-state index in [-0.39, 0.29) is 0 Å². The predicted octanol–water partition coefficient (Wildman–Crippen LogP) is 4.50. The third kappa shape index (κ3) is 3.77. The van der Waals surface area contributed by atoms with E-state index in [4.69, 9.17) is 4.74 Å². The first kappa shape index (κ1) is 12.0. The molecular weight excluding hydrogens is 208 g/mol. The average molecular weight is 228 g/mol. The summed E-state index contributed by atoms with van der Waals surface area (Å²) in [5, 5.41) is 0. The molecule has 2 rings (SSSR count). The lowest BCUT2D eigenvalue weighted by Crippen LogP contribution is -1.96. The maximum atomic E-state index is 5.79. The van der Waals surface area contributed by atoms with Gasteiger partial charge in [-0.3, -0.25) is 0 Å². The first-order valence-electron chi connectivity index (χ1n) is 6.37. The van der Waals surface area contributed by atoms with Crippen molar-refractivity contribution in [3.8, 4) is 5.75 Å². The number of ether oxygens (including phenoxy) is 1. The third-order valence-electron chi connectivity index (χ3n) is 2.76. The van der Waals surface area contributed by atoms with Crippen LogP contribution in [0.25, 0.3) is 0 Å². The van der Waals surface area contributed by atoms with Gasteiger partial charge >= 0.3 is 0 Å². The van der Waals surface area contributed by atoms with Crippen LogP contribution in [0.1, 0.15) is 32.3 Å². The van der Waals surface area contributed by atoms with Gasteiger partial charge in [0, 0.05) is 0 Å². The summed E-state index contributed by atoms with van der Waals surface area (Å²) in [6.45, 7) is 4.48. The van der Waals surface area contributed by atoms with E-state index in [2.05, 4.69) is 50.3 Å². The molecule has 0 amide bonds. The van der Waals surface area contributed by atoms with Crippen LogP contribution >= 0.6 is 0 Å². The molecule has 0 fully saturated rings. The van der Waals surface area contributed by atoms with Crippen molar-refractivity contribution < 1.29 is 4.74 Å². The number of rotatable bonds is 4. The molecule has 1 aliphatic rings. The van der Waals surface area contributed by atoms with Gasteiger partial charge in [0.1, 0.15) is 11.5 Å². The molecule has 1 aliphatic carbocycles. The van der Waals surface area contributed by atoms with Gasteiger partial charge in [0.25, 0.3) is 0 Å². The Balaban J connectivity index is 1.98. The highest BCUT2D eigenvalue weighted by Crippen LogP contribution is 2.19. The smallest absolute Gasteiger partial charge is 0.127 e. The first-order chi connectivity index (χ1) is 8.24. The van der Waals surface area contributed by atoms with E-state index in [0.29, 0.717) is 5.92 Å². The second-order valence-electron chi connectivity index (χ2n) is 4.93. The van der Waals surface area contributed by atoms with Crippen LogP contribution in [-0.4, -0.2) is 0 Å². The van der Waals surface area contributed by atoms with Gasteiger partial charge in [-0.25, -0.2) is 0 Å². The van der Waals surface area contributed by atoms with E-state index in [9.17, 15) is 0 Å². The molecule has 1 heteroatoms. The monoisotopic (exact) mass is 228 g/mol. The van der Waals surface area contributed by atoms with Crippen LogP contribution in [-0.2, 0) is 6.42 Å². The summed E-state index contributed by atoms with van der Waals surface area (Å²) in [5.41, 5.74) is 1.38. The fourth-order valence-electron chi connectivity index (χ4n) is 1.97. The molecule has 0 bridgehead atoms. The fourth-order valence-corrected chi connectivity index (χ4v) is 1.97. The molecule has 0 atom stereocenters. The molecule has 1 aromatic rings. The summed E-state index contributed by atoms with van der Waals surface area (Å²) in [7, 11) is 0. The molecule has 0 radical (unpaired) electrons. The van der Waals surface area contributed by atoms with E-state index in [1.807, 2.05) is 6.08 Å². The highest BCUT2D eigenvalue weighted by atomic mass is 16.5. The second kappa shape index (κ2) is 5.72. The van der Waals surface area contributed by atoms with E-state index in [0.717, 1.165) is 30.8 Å². The van der Waals surface area contributed by atoms with Gasteiger partial charge in [0.2, 0.25) is 0 Å². The highest BCUT2D eigenvalue weighted by Gasteiger charge is 2.02. The lowest BCUT2D eigenvalue weighted by molar-refractivity contribution is 0.439. The van der Waals surface area contributed by atoms with Crippen molar-refractivity contribution in [1.29, 1.82) is 0 Å². The SMILES string of the molecule is CC(C)Cc1ccc(OC2=CCCC=C2)cc1. The van der Waals surface area contributed by atoms with Gasteiger partial charge in [-0.15, -0.1) is 0 Å². The topological polar surface area (TPSA) is 9.23 Å². The van der Waals surface area contributed by atoms with Gasteiger partial charge in [-0.2, -0.15) is 0 Å². The third-order valence-corrected chi connectivity index (χ3v) is 2.76. The molecule has 0 saturated heterocycles. The zero-order chi connectivity index (χ0) is 12.1. The van der Waals surface area contributed by atoms with Gasteiger partial charge < -0.3 is 4.74 Å². The van der Waals surface area contributed by atoms with Crippen LogP contribution in [0.15, 0.2) is 48.3 Å². The van der Waals surface area contributed by atoms with Crippen LogP contribution in [0.4, 0.5) is 0 Å². The summed E-state index contributed by atoms with van der Waals surface area (Å²) in [6, 6.07) is 8.42. The van der Waals surface area contributed by atoms with E-state index in [1.165, 1.54) is 5.56 Å². The Bertz CT molecular complexity index is 410. The quantitative estimate of drug-likeness (QED) is 0.737. The minimum atomic E-state index is 0.700. The van der Waals surface area contributed by atoms with Crippen molar-refractivity contribution in [1.82, 2.24) is 0 Å². The van der Waals surface area contributed by atoms with Crippen molar-refractivity contribution in [3.63, 3.8) is 0 Å². The Labute approximate surface area is 104 Å². The molecule has 0 aliphatic heterocycles. The first-order valence-corrected chi connectivity index (χ1v) is 6.37. The molecule has 0 unspecified atom stereocenters. The summed E-state index contributed by atoms with van der Waals surface area (Å²) < 4.78 is 5.79. The summed E-state index contributed by atoms with van der Waals surface area (Å²) in [6.07, 6.45) is 9.68. The molecule has 1 nitrogen and oxygen atoms in total. The predicted molar refractivity (Wildman–Crippen MR) is 72.1 cm³/mol. The Hall–Kier alpha value is -1.50. The minimum Gasteiger partial charge on any atom is -0.458 e. The maximum Gasteiger partial charge on any atom is 0.127 e. The van der Waals surface area contributed by atoms with Crippen molar-refractivity contribution in [2.75, 3.05) is 0 Å². The Morgan fingerprint density at radius 2 is 1.88 bits per heavy atom. The van der Waals surface area contributed by atoms with Crippen LogP contribution in [0.2, 0.25) is 0 Å². The summed E-state index contributed by atoms with van der Waals surface area (Å²) in [4.78, 5) is 0. The minimum absolute atomic E-state index is 0.700. The maximum absolute atomic E-state index is 5.79. The number of hydrogen-bond donors (Lipinski definition) is 0. The average Bonchev–Trinajstić information content (AvgIpc) is 2.32. The molecule has 17 heavy (non-hydrogen) atoms. The van der Waals surface area contributed by atoms with Crippen LogP contribution in [0.3, 0.4) is 0 Å². The highest BCUT2D eigenvalue weighted by molar-refractivity contribution is 5.31. The molecule has 0 aromatic heterocycles. The Morgan fingerprint density at radius 1 is 1.12 bits per heavy atom. The molecule has 0 heterocycles. The van der Waals surface area contributed by atoms with Crippen LogP contribution in [0, 0.1) is 5.92 Å². The molecular formula is C16H20O. The van der Waals surface area contributed by atoms with Gasteiger partial charge in [-0.05, 0) is 55.0 Å². The van der Waals surface area contributed by atoms with Crippen molar-refractivity contribution in [2.45, 2.75) is 33.1 Å². The fraction of sp³-hybridized carbons (Fsp3) is 0.375. The number of benzene rings is 1. The Morgan fingerprint density at radius 3 is 2.47 bits per heavy atom. The second-order valence-corrected chi connectivity index (χ2v) is 4.93. The van der Waals surface area contributed by atoms with Crippen molar-refractivity contribution >= 4 is 0 Å². The van der Waals surface area contributed by atoms with Crippen molar-refractivity contribution in [2.24, 2.45) is 5.92 Å². The molecule has 0 saturated carbocycles. The van der Waals surface area contributed by atoms with Crippen LogP contribution < -0.4 is 4.74 Å². The Kier molecular flexibility index (Phi) is 4.03. The number of allylic oxidation sites excluding steroid dienone is 3. The zero-order valence-corrected chi connectivity index (χ0v) is 10.6. The summed E-state index contributed by atoms with van der Waals surface area (Å²) >= 11 is 0. The summed E-state index contributed by atoms with van der Waals surface area (Å²) in [5.74, 6) is 2.59. The lowest BCUT2D eigenvalue weighted by Gasteiger charge is -2.10. The normalized spacial score (nSPS) is 14.9. The lowest BCUT2D eigenvalue weighted by atomic mass is 10.0. The van der Waals surface area contributed by atoms with Gasteiger partial charge in [0.05, 0.1) is 0 Å². The van der Waals surface area contributed by atoms with Crippen molar-refractivity contribution in [3.05, 3.63) is 53.8 Å². The molecule has 0 N–H and O–H groups in total. The molecule has 0 spiro atoms. The van der Waals surface area contributed by atoms with Gasteiger partial charge in [-0.1, -0.05) is 32.1 Å². The van der Waals surface area contributed by atoms with Gasteiger partial charge in [0.15, 0.2) is 0 Å². The van der Waals surface area contributed by atoms with Crippen LogP contribution in [0.5, 0.6) is 5.75 Å². The number of hydrogen-bond acceptors (Lipinski definition) is 1. The molecule has 1 aromatic carbocycles. The van der Waals surface area contributed by atoms with E-state index in [1.54, 1.807) is 0 Å². The standard InChI is InChI=1S/C16H20O/c1-13(2)12-14-8-10-16(11-9-14)17-15-6-4-3-5-7-15/h4,6-11,13H,3,5,12H2,1-2H3. The largest absolute Gasteiger partial charge is 0.458 e. The zero-order valence-electron chi connectivity index (χ0n) is 10.6.